The molecule has 1 aromatic carbocycles. The average Bonchev–Trinajstić information content (AvgIpc) is 2.34. The third-order valence-electron chi connectivity index (χ3n) is 3.26. The molecule has 86 valence electrons. The standard InChI is InChI=1S/C15H21N/c16-11-5-1-2-6-13-9-10-14-7-3-4-8-15(14)12-13/h2,6,9-10,12H,1,3-5,7-8,11,16H2/b6-2+. The van der Waals surface area contributed by atoms with Crippen molar-refractivity contribution in [3.05, 3.63) is 41.0 Å². The van der Waals surface area contributed by atoms with Gasteiger partial charge in [-0.05, 0) is 61.8 Å². The minimum absolute atomic E-state index is 0.786. The molecule has 1 aliphatic carbocycles. The van der Waals surface area contributed by atoms with E-state index in [0.717, 1.165) is 19.4 Å². The Morgan fingerprint density at radius 3 is 2.75 bits per heavy atom. The van der Waals surface area contributed by atoms with Crippen molar-refractivity contribution in [2.24, 2.45) is 5.73 Å². The van der Waals surface area contributed by atoms with Crippen LogP contribution >= 0.6 is 0 Å². The SMILES string of the molecule is NCCC/C=C/c1ccc2c(c1)CCCC2. The van der Waals surface area contributed by atoms with Crippen molar-refractivity contribution in [3.8, 4) is 0 Å². The van der Waals surface area contributed by atoms with Crippen LogP contribution < -0.4 is 5.73 Å². The Hall–Kier alpha value is -1.08. The molecule has 0 aliphatic heterocycles. The first-order valence-electron chi connectivity index (χ1n) is 6.38. The second-order valence-corrected chi connectivity index (χ2v) is 4.57. The highest BCUT2D eigenvalue weighted by Crippen LogP contribution is 2.22. The Labute approximate surface area is 98.4 Å². The molecule has 0 unspecified atom stereocenters. The molecule has 0 spiro atoms. The zero-order chi connectivity index (χ0) is 11.2. The molecule has 0 amide bonds. The number of nitrogens with two attached hydrogens (primary N) is 1. The number of hydrogen-bond acceptors (Lipinski definition) is 1. The van der Waals surface area contributed by atoms with Crippen LogP contribution in [-0.4, -0.2) is 6.54 Å². The maximum Gasteiger partial charge on any atom is -0.00743 e. The van der Waals surface area contributed by atoms with Gasteiger partial charge in [0.15, 0.2) is 0 Å². The van der Waals surface area contributed by atoms with Crippen LogP contribution in [0, 0.1) is 0 Å². The largest absolute Gasteiger partial charge is 0.330 e. The zero-order valence-corrected chi connectivity index (χ0v) is 9.91. The van der Waals surface area contributed by atoms with Crippen LogP contribution in [0.5, 0.6) is 0 Å². The summed E-state index contributed by atoms with van der Waals surface area (Å²) in [5, 5.41) is 0. The predicted octanol–water partition coefficient (Wildman–Crippen LogP) is 3.32. The maximum absolute atomic E-state index is 5.47. The summed E-state index contributed by atoms with van der Waals surface area (Å²) in [5.74, 6) is 0. The van der Waals surface area contributed by atoms with Gasteiger partial charge in [0.05, 0.1) is 0 Å². The topological polar surface area (TPSA) is 26.0 Å². The molecular formula is C15H21N. The molecule has 0 aromatic heterocycles. The smallest absolute Gasteiger partial charge is 0.00743 e. The maximum atomic E-state index is 5.47. The molecule has 0 saturated carbocycles. The van der Waals surface area contributed by atoms with Gasteiger partial charge >= 0.3 is 0 Å². The van der Waals surface area contributed by atoms with Gasteiger partial charge in [-0.2, -0.15) is 0 Å². The van der Waals surface area contributed by atoms with E-state index in [1.54, 1.807) is 11.1 Å². The van der Waals surface area contributed by atoms with Gasteiger partial charge in [-0.25, -0.2) is 0 Å². The summed E-state index contributed by atoms with van der Waals surface area (Å²) in [6, 6.07) is 6.90. The van der Waals surface area contributed by atoms with Crippen LogP contribution in [0.4, 0.5) is 0 Å². The van der Waals surface area contributed by atoms with Gasteiger partial charge in [0.1, 0.15) is 0 Å². The first-order valence-corrected chi connectivity index (χ1v) is 6.38. The number of allylic oxidation sites excluding steroid dienone is 1. The van der Waals surface area contributed by atoms with Crippen LogP contribution in [0.2, 0.25) is 0 Å². The van der Waals surface area contributed by atoms with E-state index in [-0.39, 0.29) is 0 Å². The molecule has 1 heteroatoms. The fourth-order valence-corrected chi connectivity index (χ4v) is 2.31. The summed E-state index contributed by atoms with van der Waals surface area (Å²) < 4.78 is 0. The van der Waals surface area contributed by atoms with Gasteiger partial charge < -0.3 is 5.73 Å². The van der Waals surface area contributed by atoms with E-state index >= 15 is 0 Å². The number of unbranched alkanes of at least 4 members (excludes halogenated alkanes) is 1. The van der Waals surface area contributed by atoms with Crippen LogP contribution in [0.1, 0.15) is 42.4 Å². The second-order valence-electron chi connectivity index (χ2n) is 4.57. The molecule has 0 atom stereocenters. The lowest BCUT2D eigenvalue weighted by Gasteiger charge is -2.15. The van der Waals surface area contributed by atoms with Crippen LogP contribution in [0.15, 0.2) is 24.3 Å². The van der Waals surface area contributed by atoms with Crippen molar-refractivity contribution in [1.29, 1.82) is 0 Å². The van der Waals surface area contributed by atoms with Crippen molar-refractivity contribution >= 4 is 6.08 Å². The van der Waals surface area contributed by atoms with E-state index in [2.05, 4.69) is 30.4 Å². The van der Waals surface area contributed by atoms with Gasteiger partial charge in [0.25, 0.3) is 0 Å². The summed E-state index contributed by atoms with van der Waals surface area (Å²) in [6.07, 6.45) is 11.9. The molecule has 16 heavy (non-hydrogen) atoms. The van der Waals surface area contributed by atoms with Crippen molar-refractivity contribution in [2.45, 2.75) is 38.5 Å². The summed E-state index contributed by atoms with van der Waals surface area (Å²) in [7, 11) is 0. The van der Waals surface area contributed by atoms with E-state index in [1.807, 2.05) is 0 Å². The lowest BCUT2D eigenvalue weighted by Crippen LogP contribution is -2.02. The molecule has 1 aliphatic rings. The predicted molar refractivity (Wildman–Crippen MR) is 70.4 cm³/mol. The molecule has 0 bridgehead atoms. The Kier molecular flexibility index (Phi) is 4.17. The van der Waals surface area contributed by atoms with Crippen molar-refractivity contribution < 1.29 is 0 Å². The fourth-order valence-electron chi connectivity index (χ4n) is 2.31. The normalized spacial score (nSPS) is 15.3. The number of rotatable bonds is 4. The molecule has 0 heterocycles. The second kappa shape index (κ2) is 5.86. The molecular weight excluding hydrogens is 194 g/mol. The first kappa shape index (κ1) is 11.4. The monoisotopic (exact) mass is 215 g/mol. The minimum atomic E-state index is 0.786. The molecule has 2 N–H and O–H groups in total. The Morgan fingerprint density at radius 1 is 1.12 bits per heavy atom. The van der Waals surface area contributed by atoms with Crippen molar-refractivity contribution in [1.82, 2.24) is 0 Å². The number of benzene rings is 1. The quantitative estimate of drug-likeness (QED) is 0.766. The molecule has 2 rings (SSSR count). The van der Waals surface area contributed by atoms with E-state index in [4.69, 9.17) is 5.73 Å². The molecule has 0 saturated heterocycles. The molecule has 0 fully saturated rings. The van der Waals surface area contributed by atoms with Crippen molar-refractivity contribution in [3.63, 3.8) is 0 Å². The zero-order valence-electron chi connectivity index (χ0n) is 9.91. The highest BCUT2D eigenvalue weighted by Gasteiger charge is 2.08. The third kappa shape index (κ3) is 2.96. The number of fused-ring (bicyclic) bond motifs is 1. The average molecular weight is 215 g/mol. The Bertz CT molecular complexity index is 366. The lowest BCUT2D eigenvalue weighted by atomic mass is 9.90. The van der Waals surface area contributed by atoms with E-state index in [9.17, 15) is 0 Å². The van der Waals surface area contributed by atoms with Crippen LogP contribution in [-0.2, 0) is 12.8 Å². The number of hydrogen-bond donors (Lipinski definition) is 1. The summed E-state index contributed by atoms with van der Waals surface area (Å²) >= 11 is 0. The first-order chi connectivity index (χ1) is 7.90. The molecule has 0 radical (unpaired) electrons. The third-order valence-corrected chi connectivity index (χ3v) is 3.26. The Balaban J connectivity index is 2.02. The molecule has 1 nitrogen and oxygen atoms in total. The van der Waals surface area contributed by atoms with E-state index < -0.39 is 0 Å². The Morgan fingerprint density at radius 2 is 1.94 bits per heavy atom. The van der Waals surface area contributed by atoms with Crippen LogP contribution in [0.25, 0.3) is 6.08 Å². The van der Waals surface area contributed by atoms with Gasteiger partial charge in [-0.3, -0.25) is 0 Å². The van der Waals surface area contributed by atoms with Gasteiger partial charge in [-0.15, -0.1) is 0 Å². The van der Waals surface area contributed by atoms with Gasteiger partial charge in [0, 0.05) is 0 Å². The van der Waals surface area contributed by atoms with Crippen LogP contribution in [0.3, 0.4) is 0 Å². The van der Waals surface area contributed by atoms with Gasteiger partial charge in [0.2, 0.25) is 0 Å². The highest BCUT2D eigenvalue weighted by atomic mass is 14.5. The van der Waals surface area contributed by atoms with E-state index in [1.165, 1.54) is 31.2 Å². The summed E-state index contributed by atoms with van der Waals surface area (Å²) in [4.78, 5) is 0. The number of aryl methyl sites for hydroxylation is 2. The van der Waals surface area contributed by atoms with Gasteiger partial charge in [-0.1, -0.05) is 30.4 Å². The summed E-state index contributed by atoms with van der Waals surface area (Å²) in [5.41, 5.74) is 9.93. The lowest BCUT2D eigenvalue weighted by molar-refractivity contribution is 0.685. The van der Waals surface area contributed by atoms with E-state index in [0.29, 0.717) is 0 Å². The highest BCUT2D eigenvalue weighted by molar-refractivity contribution is 5.52. The fraction of sp³-hybridized carbons (Fsp3) is 0.467. The van der Waals surface area contributed by atoms with Crippen molar-refractivity contribution in [2.75, 3.05) is 6.54 Å². The minimum Gasteiger partial charge on any atom is -0.330 e. The summed E-state index contributed by atoms with van der Waals surface area (Å²) in [6.45, 7) is 0.786. The molecule has 1 aromatic rings.